The van der Waals surface area contributed by atoms with Gasteiger partial charge >= 0.3 is 5.69 Å². The predicted octanol–water partition coefficient (Wildman–Crippen LogP) is 3.52. The van der Waals surface area contributed by atoms with Gasteiger partial charge in [0.25, 0.3) is 0 Å². The van der Waals surface area contributed by atoms with Crippen LogP contribution in [0.1, 0.15) is 32.2 Å². The highest BCUT2D eigenvalue weighted by atomic mass is 32.3. The van der Waals surface area contributed by atoms with E-state index in [-0.39, 0.29) is 17.7 Å². The molecule has 32 heavy (non-hydrogen) atoms. The normalized spacial score (nSPS) is 12.8. The molecule has 0 fully saturated rings. The second kappa shape index (κ2) is 9.54. The van der Waals surface area contributed by atoms with Crippen molar-refractivity contribution in [3.63, 3.8) is 0 Å². The van der Waals surface area contributed by atoms with Crippen molar-refractivity contribution in [1.29, 1.82) is 0 Å². The first kappa shape index (κ1) is 24.1. The number of hydrogen-bond donors (Lipinski definition) is 1. The SMILES string of the molecule is Cn1c(COc2ccc(-c3nccn3COCCS(C)(C)C)cc2C(C)(C)C)n[nH]c1=O. The van der Waals surface area contributed by atoms with E-state index in [0.717, 1.165) is 35.1 Å². The number of nitrogens with one attached hydrogen (secondary N) is 1. The number of hydrogen-bond acceptors (Lipinski definition) is 5. The summed E-state index contributed by atoms with van der Waals surface area (Å²) in [6.07, 6.45) is 10.6. The summed E-state index contributed by atoms with van der Waals surface area (Å²) in [7, 11) is 1.10. The van der Waals surface area contributed by atoms with E-state index in [0.29, 0.717) is 12.6 Å². The molecule has 0 unspecified atom stereocenters. The van der Waals surface area contributed by atoms with Crippen molar-refractivity contribution < 1.29 is 9.47 Å². The predicted molar refractivity (Wildman–Crippen MR) is 131 cm³/mol. The monoisotopic (exact) mass is 461 g/mol. The number of aromatic amines is 1. The summed E-state index contributed by atoms with van der Waals surface area (Å²) in [5.74, 6) is 3.25. The van der Waals surface area contributed by atoms with Crippen LogP contribution >= 0.6 is 10.0 Å². The number of nitrogens with zero attached hydrogens (tertiary/aromatic N) is 4. The number of aromatic nitrogens is 5. The fraction of sp³-hybridized carbons (Fsp3) is 0.522. The fourth-order valence-corrected chi connectivity index (χ4v) is 3.80. The molecule has 176 valence electrons. The smallest absolute Gasteiger partial charge is 0.343 e. The zero-order valence-corrected chi connectivity index (χ0v) is 21.0. The van der Waals surface area contributed by atoms with Gasteiger partial charge in [0.2, 0.25) is 0 Å². The van der Waals surface area contributed by atoms with Gasteiger partial charge in [-0.2, -0.15) is 5.10 Å². The molecule has 0 aliphatic heterocycles. The summed E-state index contributed by atoms with van der Waals surface area (Å²) in [4.78, 5) is 16.2. The first-order valence-electron chi connectivity index (χ1n) is 10.6. The molecule has 0 bridgehead atoms. The molecule has 0 radical (unpaired) electrons. The van der Waals surface area contributed by atoms with Gasteiger partial charge in [-0.1, -0.05) is 20.8 Å². The van der Waals surface area contributed by atoms with Crippen LogP contribution < -0.4 is 10.4 Å². The molecule has 0 spiro atoms. The van der Waals surface area contributed by atoms with Crippen LogP contribution in [0.4, 0.5) is 0 Å². The van der Waals surface area contributed by atoms with Crippen LogP contribution in [0.3, 0.4) is 0 Å². The van der Waals surface area contributed by atoms with E-state index < -0.39 is 10.0 Å². The standard InChI is InChI=1S/C23H35N5O3S/c1-23(2,3)18-14-17(8-9-19(18)31-15-20-25-26-22(29)27(20)4)21-24-10-11-28(21)16-30-12-13-32(5,6)7/h8-11,14H,12-13,15-16H2,1-7H3,(H,26,29). The van der Waals surface area contributed by atoms with Crippen molar-refractivity contribution in [2.45, 2.75) is 39.5 Å². The van der Waals surface area contributed by atoms with Gasteiger partial charge in [-0.05, 0) is 42.4 Å². The van der Waals surface area contributed by atoms with E-state index in [2.05, 4.69) is 60.8 Å². The first-order chi connectivity index (χ1) is 15.0. The maximum absolute atomic E-state index is 11.6. The molecular formula is C23H35N5O3S. The third-order valence-electron chi connectivity index (χ3n) is 5.16. The summed E-state index contributed by atoms with van der Waals surface area (Å²) in [6.45, 7) is 7.86. The Hall–Kier alpha value is -2.52. The minimum atomic E-state index is -0.570. The Bertz CT molecular complexity index is 1100. The molecule has 0 saturated heterocycles. The number of imidazole rings is 1. The summed E-state index contributed by atoms with van der Waals surface area (Å²) in [5.41, 5.74) is 1.66. The molecule has 3 aromatic rings. The Kier molecular flexibility index (Phi) is 7.19. The molecule has 0 saturated carbocycles. The highest BCUT2D eigenvalue weighted by molar-refractivity contribution is 8.32. The van der Waals surface area contributed by atoms with E-state index in [1.54, 1.807) is 13.2 Å². The van der Waals surface area contributed by atoms with Gasteiger partial charge < -0.3 is 14.0 Å². The van der Waals surface area contributed by atoms with Crippen LogP contribution in [-0.4, -0.2) is 55.4 Å². The first-order valence-corrected chi connectivity index (χ1v) is 13.6. The van der Waals surface area contributed by atoms with E-state index in [4.69, 9.17) is 9.47 Å². The molecule has 2 aromatic heterocycles. The molecule has 8 nitrogen and oxygen atoms in total. The lowest BCUT2D eigenvalue weighted by molar-refractivity contribution is 0.0907. The number of ether oxygens (including phenoxy) is 2. The van der Waals surface area contributed by atoms with Crippen molar-refractivity contribution in [2.24, 2.45) is 7.05 Å². The zero-order valence-electron chi connectivity index (χ0n) is 20.1. The third kappa shape index (κ3) is 6.04. The number of H-pyrrole nitrogens is 1. The number of benzene rings is 1. The fourth-order valence-electron chi connectivity index (χ4n) is 3.18. The summed E-state index contributed by atoms with van der Waals surface area (Å²) < 4.78 is 15.5. The topological polar surface area (TPSA) is 87.0 Å². The quantitative estimate of drug-likeness (QED) is 0.493. The zero-order chi connectivity index (χ0) is 23.5. The van der Waals surface area contributed by atoms with Crippen molar-refractivity contribution in [1.82, 2.24) is 24.3 Å². The van der Waals surface area contributed by atoms with Crippen LogP contribution in [0, 0.1) is 0 Å². The average Bonchev–Trinajstić information content (AvgIpc) is 3.29. The van der Waals surface area contributed by atoms with Crippen molar-refractivity contribution in [3.8, 4) is 17.1 Å². The molecule has 3 rings (SSSR count). The molecule has 0 aliphatic rings. The van der Waals surface area contributed by atoms with Crippen molar-refractivity contribution in [3.05, 3.63) is 52.5 Å². The molecule has 2 heterocycles. The van der Waals surface area contributed by atoms with Crippen LogP contribution in [-0.2, 0) is 30.5 Å². The molecule has 9 heteroatoms. The molecule has 0 amide bonds. The van der Waals surface area contributed by atoms with E-state index in [1.165, 1.54) is 4.57 Å². The van der Waals surface area contributed by atoms with Crippen molar-refractivity contribution >= 4 is 10.0 Å². The summed E-state index contributed by atoms with van der Waals surface area (Å²) in [5, 5.41) is 6.45. The van der Waals surface area contributed by atoms with Crippen LogP contribution in [0.2, 0.25) is 0 Å². The van der Waals surface area contributed by atoms with Crippen LogP contribution in [0.15, 0.2) is 35.4 Å². The Labute approximate surface area is 191 Å². The third-order valence-corrected chi connectivity index (χ3v) is 6.55. The van der Waals surface area contributed by atoms with Gasteiger partial charge in [0.1, 0.15) is 24.9 Å². The second-order valence-electron chi connectivity index (χ2n) is 9.81. The van der Waals surface area contributed by atoms with Crippen molar-refractivity contribution in [2.75, 3.05) is 31.1 Å². The van der Waals surface area contributed by atoms with Gasteiger partial charge in [0, 0.05) is 36.3 Å². The Morgan fingerprint density at radius 2 is 1.94 bits per heavy atom. The minimum Gasteiger partial charge on any atom is -0.485 e. The van der Waals surface area contributed by atoms with Gasteiger partial charge in [0.05, 0.1) is 6.61 Å². The molecular weight excluding hydrogens is 426 g/mol. The largest absolute Gasteiger partial charge is 0.485 e. The van der Waals surface area contributed by atoms with Gasteiger partial charge in [-0.15, -0.1) is 0 Å². The van der Waals surface area contributed by atoms with Crippen LogP contribution in [0.25, 0.3) is 11.4 Å². The highest BCUT2D eigenvalue weighted by Gasteiger charge is 2.21. The van der Waals surface area contributed by atoms with Gasteiger partial charge in [-0.3, -0.25) is 4.57 Å². The molecule has 1 aromatic carbocycles. The Morgan fingerprint density at radius 1 is 1.19 bits per heavy atom. The maximum Gasteiger partial charge on any atom is 0.343 e. The summed E-state index contributed by atoms with van der Waals surface area (Å²) in [6, 6.07) is 6.09. The molecule has 1 N–H and O–H groups in total. The minimum absolute atomic E-state index is 0.147. The number of rotatable bonds is 9. The van der Waals surface area contributed by atoms with E-state index in [1.807, 2.05) is 22.9 Å². The average molecular weight is 462 g/mol. The maximum atomic E-state index is 11.6. The summed E-state index contributed by atoms with van der Waals surface area (Å²) >= 11 is 0. The lowest BCUT2D eigenvalue weighted by Crippen LogP contribution is -2.17. The molecule has 0 atom stereocenters. The van der Waals surface area contributed by atoms with E-state index in [9.17, 15) is 4.79 Å². The lowest BCUT2D eigenvalue weighted by atomic mass is 9.85. The Balaban J connectivity index is 1.80. The molecule has 0 aliphatic carbocycles. The second-order valence-corrected chi connectivity index (χ2v) is 14.4. The van der Waals surface area contributed by atoms with E-state index >= 15 is 0 Å². The van der Waals surface area contributed by atoms with Crippen LogP contribution in [0.5, 0.6) is 5.75 Å². The van der Waals surface area contributed by atoms with Gasteiger partial charge in [-0.25, -0.2) is 24.9 Å². The highest BCUT2D eigenvalue weighted by Crippen LogP contribution is 2.35. The Morgan fingerprint density at radius 3 is 2.56 bits per heavy atom. The lowest BCUT2D eigenvalue weighted by Gasteiger charge is -2.25. The van der Waals surface area contributed by atoms with Gasteiger partial charge in [0.15, 0.2) is 5.82 Å².